The molecule has 0 saturated heterocycles. The van der Waals surface area contributed by atoms with Gasteiger partial charge in [-0.05, 0) is 39.7 Å². The van der Waals surface area contributed by atoms with Gasteiger partial charge in [0.25, 0.3) is 0 Å². The summed E-state index contributed by atoms with van der Waals surface area (Å²) in [4.78, 5) is 49.1. The Morgan fingerprint density at radius 2 is 1.12 bits per heavy atom. The molecule has 0 aliphatic rings. The van der Waals surface area contributed by atoms with Gasteiger partial charge in [-0.15, -0.1) is 0 Å². The van der Waals surface area contributed by atoms with E-state index in [1.165, 1.54) is 27.6 Å². The fourth-order valence-corrected chi connectivity index (χ4v) is 5.69. The van der Waals surface area contributed by atoms with Gasteiger partial charge in [-0.1, -0.05) is 54.0 Å². The third kappa shape index (κ3) is 9.29. The summed E-state index contributed by atoms with van der Waals surface area (Å²) < 4.78 is 22.8. The monoisotopic (exact) mass is 794 g/mol. The first-order chi connectivity index (χ1) is 23.0. The fraction of sp³-hybridized carbons (Fsp3) is 0.394. The molecule has 0 atom stereocenters. The average Bonchev–Trinajstić information content (AvgIpc) is 3.64. The van der Waals surface area contributed by atoms with Gasteiger partial charge in [0, 0.05) is 23.3 Å². The molecule has 0 fully saturated rings. The topological polar surface area (TPSA) is 187 Å². The lowest BCUT2D eigenvalue weighted by molar-refractivity contribution is -0.161. The van der Waals surface area contributed by atoms with Crippen LogP contribution in [0.4, 0.5) is 0 Å². The van der Waals surface area contributed by atoms with Crippen molar-refractivity contribution in [1.82, 2.24) is 19.2 Å². The lowest BCUT2D eigenvalue weighted by Crippen LogP contribution is -2.30. The molecule has 0 aromatic carbocycles. The summed E-state index contributed by atoms with van der Waals surface area (Å²) in [7, 11) is 0. The number of rotatable bonds is 11. The van der Waals surface area contributed by atoms with Crippen molar-refractivity contribution in [2.75, 3.05) is 26.4 Å². The molecular weight excluding hydrogens is 759 g/mol. The van der Waals surface area contributed by atoms with Crippen LogP contribution in [0.25, 0.3) is 11.0 Å². The van der Waals surface area contributed by atoms with Gasteiger partial charge < -0.3 is 18.9 Å². The Labute approximate surface area is 307 Å². The number of nitriles is 2. The van der Waals surface area contributed by atoms with Gasteiger partial charge in [0.1, 0.15) is 12.1 Å². The number of alkyl halides is 1. The molecule has 14 nitrogen and oxygen atoms in total. The Balaban J connectivity index is 0.000000518. The number of hydrogen-bond donors (Lipinski definition) is 0. The van der Waals surface area contributed by atoms with Gasteiger partial charge in [0.15, 0.2) is 5.92 Å². The van der Waals surface area contributed by atoms with Crippen LogP contribution in [0.1, 0.15) is 85.5 Å². The highest BCUT2D eigenvalue weighted by molar-refractivity contribution is 9.08. The number of carbonyl (C=O) groups excluding carboxylic acids is 4. The lowest BCUT2D eigenvalue weighted by atomic mass is 9.97. The van der Waals surface area contributed by atoms with E-state index < -0.39 is 29.8 Å². The third-order valence-electron chi connectivity index (χ3n) is 6.61. The van der Waals surface area contributed by atoms with Gasteiger partial charge in [0.05, 0.1) is 82.2 Å². The van der Waals surface area contributed by atoms with Crippen LogP contribution in [-0.4, -0.2) is 69.5 Å². The van der Waals surface area contributed by atoms with Gasteiger partial charge in [-0.2, -0.15) is 20.7 Å². The zero-order chi connectivity index (χ0) is 35.5. The Bertz CT molecular complexity index is 1930. The van der Waals surface area contributed by atoms with Crippen LogP contribution in [0.2, 0.25) is 10.0 Å². The first-order valence-corrected chi connectivity index (χ1v) is 16.3. The number of carbonyl (C=O) groups is 4. The molecule has 268 valence electrons. The van der Waals surface area contributed by atoms with Crippen LogP contribution >= 0.6 is 39.1 Å². The summed E-state index contributed by atoms with van der Waals surface area (Å²) >= 11 is 15.8. The maximum absolute atomic E-state index is 12.5. The second-order valence-electron chi connectivity index (χ2n) is 9.43. The number of nitrogens with zero attached hydrogens (tertiary/aromatic N) is 6. The Kier molecular flexibility index (Phi) is 17.4. The van der Waals surface area contributed by atoms with E-state index in [1.54, 1.807) is 33.9 Å². The summed E-state index contributed by atoms with van der Waals surface area (Å²) in [6.07, 6.45) is 5.31. The predicted octanol–water partition coefficient (Wildman–Crippen LogP) is 6.52. The maximum Gasteiger partial charge on any atom is 0.340 e. The van der Waals surface area contributed by atoms with E-state index >= 15 is 0 Å². The van der Waals surface area contributed by atoms with E-state index in [4.69, 9.17) is 47.4 Å². The average molecular weight is 797 g/mol. The second-order valence-corrected chi connectivity index (χ2v) is 10.7. The van der Waals surface area contributed by atoms with Crippen LogP contribution in [-0.2, 0) is 40.3 Å². The van der Waals surface area contributed by atoms with Crippen LogP contribution in [0.5, 0.6) is 0 Å². The first kappa shape index (κ1) is 43.3. The number of fused-ring (bicyclic) bond motifs is 2. The number of hydrogen-bond acceptors (Lipinski definition) is 12. The summed E-state index contributed by atoms with van der Waals surface area (Å²) in [5, 5.41) is 27.1. The second kappa shape index (κ2) is 20.1. The van der Waals surface area contributed by atoms with Crippen molar-refractivity contribution in [2.24, 2.45) is 5.92 Å². The molecule has 0 aliphatic heterocycles. The predicted molar refractivity (Wildman–Crippen MR) is 188 cm³/mol. The SMILES string of the molecule is C.C.CCOC(=O)c1cn2ncc(C#N)c(Cl)c2c1CBr.CCOC(=O)c1cn2ncc(C#N)c(Cl)c2c1CC(C(=O)OCC)C(=O)OCC. The molecule has 0 aliphatic carbocycles. The third-order valence-corrected chi connectivity index (χ3v) is 7.94. The molecule has 0 spiro atoms. The molecule has 4 rings (SSSR count). The standard InChI is InChI=1S/C19H20ClN3O6.C12H9BrClN3O2.2CH4/c1-4-27-17(24)13(18(25)28-5-2)7-12-14(19(26)29-6-3)10-23-16(12)15(20)11(8-21)9-22-23;1-2-19-12(18)9-6-17-11(8(9)3-13)10(14)7(4-15)5-16-17;;/h9-10,13H,4-7H2,1-3H3;5-6H,2-3H2,1H3;2*1H4. The molecule has 0 saturated carbocycles. The van der Waals surface area contributed by atoms with Crippen LogP contribution in [0, 0.1) is 28.6 Å². The molecule has 17 heteroatoms. The molecule has 4 aromatic rings. The Morgan fingerprint density at radius 3 is 1.48 bits per heavy atom. The molecule has 0 radical (unpaired) electrons. The van der Waals surface area contributed by atoms with Crippen LogP contribution in [0.15, 0.2) is 24.8 Å². The number of esters is 4. The van der Waals surface area contributed by atoms with Crippen molar-refractivity contribution in [3.05, 3.63) is 68.2 Å². The van der Waals surface area contributed by atoms with Crippen molar-refractivity contribution in [3.8, 4) is 12.1 Å². The minimum atomic E-state index is -1.32. The van der Waals surface area contributed by atoms with Gasteiger partial charge in [-0.25, -0.2) is 18.6 Å². The molecule has 0 N–H and O–H groups in total. The van der Waals surface area contributed by atoms with Crippen molar-refractivity contribution in [3.63, 3.8) is 0 Å². The minimum Gasteiger partial charge on any atom is -0.465 e. The van der Waals surface area contributed by atoms with E-state index in [2.05, 4.69) is 26.1 Å². The van der Waals surface area contributed by atoms with Crippen molar-refractivity contribution in [2.45, 2.75) is 54.3 Å². The van der Waals surface area contributed by atoms with Crippen molar-refractivity contribution >= 4 is 74.0 Å². The molecule has 0 bridgehead atoms. The van der Waals surface area contributed by atoms with Crippen molar-refractivity contribution < 1.29 is 38.1 Å². The van der Waals surface area contributed by atoms with Gasteiger partial charge in [-0.3, -0.25) is 9.59 Å². The van der Waals surface area contributed by atoms with E-state index in [9.17, 15) is 24.4 Å². The Morgan fingerprint density at radius 1 is 0.740 bits per heavy atom. The first-order valence-electron chi connectivity index (χ1n) is 14.4. The van der Waals surface area contributed by atoms with E-state index in [-0.39, 0.29) is 85.5 Å². The molecule has 0 amide bonds. The minimum absolute atomic E-state index is 0. The van der Waals surface area contributed by atoms with Gasteiger partial charge >= 0.3 is 23.9 Å². The molecule has 4 aromatic heterocycles. The highest BCUT2D eigenvalue weighted by Crippen LogP contribution is 2.31. The summed E-state index contributed by atoms with van der Waals surface area (Å²) in [5.74, 6) is -4.01. The zero-order valence-electron chi connectivity index (χ0n) is 26.2. The van der Waals surface area contributed by atoms with E-state index in [1.807, 2.05) is 12.1 Å². The summed E-state index contributed by atoms with van der Waals surface area (Å²) in [5.41, 5.74) is 2.49. The molecule has 50 heavy (non-hydrogen) atoms. The van der Waals surface area contributed by atoms with E-state index in [0.29, 0.717) is 22.0 Å². The summed E-state index contributed by atoms with van der Waals surface area (Å²) in [6, 6.07) is 3.87. The van der Waals surface area contributed by atoms with E-state index in [0.717, 1.165) is 0 Å². The zero-order valence-corrected chi connectivity index (χ0v) is 29.3. The van der Waals surface area contributed by atoms with Crippen LogP contribution < -0.4 is 0 Å². The van der Waals surface area contributed by atoms with Crippen molar-refractivity contribution in [1.29, 1.82) is 10.5 Å². The normalized spacial score (nSPS) is 10.1. The summed E-state index contributed by atoms with van der Waals surface area (Å²) in [6.45, 7) is 7.14. The molecule has 0 unspecified atom stereocenters. The number of aromatic nitrogens is 4. The number of ether oxygens (including phenoxy) is 4. The molecule has 4 heterocycles. The largest absolute Gasteiger partial charge is 0.465 e. The quantitative estimate of drug-likeness (QED) is 0.0693. The highest BCUT2D eigenvalue weighted by Gasteiger charge is 2.34. The fourth-order valence-electron chi connectivity index (χ4n) is 4.54. The maximum atomic E-state index is 12.5. The highest BCUT2D eigenvalue weighted by atomic mass is 79.9. The molecular formula is C33H37BrCl2N6O8. The van der Waals surface area contributed by atoms with Crippen LogP contribution in [0.3, 0.4) is 0 Å². The smallest absolute Gasteiger partial charge is 0.340 e. The number of halogens is 3. The lowest BCUT2D eigenvalue weighted by Gasteiger charge is -2.15. The van der Waals surface area contributed by atoms with Gasteiger partial charge in [0.2, 0.25) is 0 Å². The Hall–Kier alpha value is -4.70.